The first-order valence-electron chi connectivity index (χ1n) is 7.46. The van der Waals surface area contributed by atoms with Crippen LogP contribution >= 0.6 is 23.1 Å². The van der Waals surface area contributed by atoms with Crippen LogP contribution in [0.5, 0.6) is 0 Å². The Balaban J connectivity index is 1.88. The van der Waals surface area contributed by atoms with Crippen molar-refractivity contribution in [1.82, 2.24) is 9.79 Å². The van der Waals surface area contributed by atoms with Gasteiger partial charge in [-0.15, -0.1) is 11.3 Å². The Morgan fingerprint density at radius 1 is 1.32 bits per heavy atom. The second-order valence-electron chi connectivity index (χ2n) is 5.01. The van der Waals surface area contributed by atoms with Gasteiger partial charge in [-0.2, -0.15) is 11.8 Å². The molecule has 0 aliphatic heterocycles. The lowest BCUT2D eigenvalue weighted by Crippen LogP contribution is -2.28. The normalized spacial score (nSPS) is 11.6. The Labute approximate surface area is 156 Å². The van der Waals surface area contributed by atoms with E-state index in [-0.39, 0.29) is 10.8 Å². The number of nitrogens with zero attached hydrogens (tertiary/aromatic N) is 1. The molecule has 0 fully saturated rings. The number of hydrogen-bond donors (Lipinski definition) is 1. The lowest BCUT2D eigenvalue weighted by atomic mass is 10.2. The van der Waals surface area contributed by atoms with Crippen molar-refractivity contribution in [3.63, 3.8) is 0 Å². The van der Waals surface area contributed by atoms with Crippen LogP contribution in [0.1, 0.15) is 15.2 Å². The number of thioether (sulfide) groups is 1. The zero-order chi connectivity index (χ0) is 18.3. The first-order valence-corrected chi connectivity index (χ1v) is 10.9. The Hall–Kier alpha value is -1.39. The molecule has 1 aromatic carbocycles. The summed E-state index contributed by atoms with van der Waals surface area (Å²) >= 11 is 3.45. The number of rotatable bonds is 9. The van der Waals surface area contributed by atoms with Gasteiger partial charge in [0.25, 0.3) is 15.9 Å². The van der Waals surface area contributed by atoms with Gasteiger partial charge < -0.3 is 5.32 Å². The van der Waals surface area contributed by atoms with Crippen molar-refractivity contribution in [2.24, 2.45) is 0 Å². The standard InChI is InChI=1S/C16H20N2O4S3/c1-18(22-2)25(20,21)15-7-3-5-13(11-15)16(19)17-8-10-23-12-14-6-4-9-24-14/h3-7,9,11H,8,10,12H2,1-2H3,(H,17,19). The molecule has 1 aromatic heterocycles. The number of hydroxylamine groups is 1. The average Bonchev–Trinajstić information content (AvgIpc) is 3.14. The van der Waals surface area contributed by atoms with E-state index in [1.165, 1.54) is 37.2 Å². The third-order valence-electron chi connectivity index (χ3n) is 3.35. The van der Waals surface area contributed by atoms with Crippen molar-refractivity contribution in [3.05, 3.63) is 52.2 Å². The third-order valence-corrected chi connectivity index (χ3v) is 7.09. The summed E-state index contributed by atoms with van der Waals surface area (Å²) in [7, 11) is -1.21. The zero-order valence-electron chi connectivity index (χ0n) is 14.0. The van der Waals surface area contributed by atoms with Gasteiger partial charge in [0.2, 0.25) is 0 Å². The predicted octanol–water partition coefficient (Wildman–Crippen LogP) is 2.59. The van der Waals surface area contributed by atoms with Gasteiger partial charge in [-0.05, 0) is 29.6 Å². The fourth-order valence-electron chi connectivity index (χ4n) is 1.95. The monoisotopic (exact) mass is 400 g/mol. The SMILES string of the molecule is CON(C)S(=O)(=O)c1cccc(C(=O)NCCSCc2cccs2)c1. The second-order valence-corrected chi connectivity index (χ2v) is 9.09. The molecule has 25 heavy (non-hydrogen) atoms. The lowest BCUT2D eigenvalue weighted by molar-refractivity contribution is -0.0258. The highest BCUT2D eigenvalue weighted by Crippen LogP contribution is 2.17. The Kier molecular flexibility index (Phi) is 7.45. The van der Waals surface area contributed by atoms with Crippen LogP contribution in [0, 0.1) is 0 Å². The quantitative estimate of drug-likeness (QED) is 0.517. The van der Waals surface area contributed by atoms with Crippen molar-refractivity contribution >= 4 is 39.0 Å². The molecule has 0 saturated carbocycles. The highest BCUT2D eigenvalue weighted by Gasteiger charge is 2.21. The van der Waals surface area contributed by atoms with E-state index in [4.69, 9.17) is 4.84 Å². The molecule has 0 spiro atoms. The van der Waals surface area contributed by atoms with E-state index >= 15 is 0 Å². The van der Waals surface area contributed by atoms with Gasteiger partial charge in [0.05, 0.1) is 12.0 Å². The van der Waals surface area contributed by atoms with Gasteiger partial charge in [-0.25, -0.2) is 8.42 Å². The lowest BCUT2D eigenvalue weighted by Gasteiger charge is -2.14. The van der Waals surface area contributed by atoms with E-state index in [1.54, 1.807) is 29.2 Å². The third kappa shape index (κ3) is 5.55. The maximum atomic E-state index is 12.2. The average molecular weight is 401 g/mol. The maximum absolute atomic E-state index is 12.2. The molecule has 9 heteroatoms. The van der Waals surface area contributed by atoms with E-state index in [0.29, 0.717) is 12.1 Å². The number of nitrogens with one attached hydrogen (secondary N) is 1. The number of carbonyl (C=O) groups excluding carboxylic acids is 1. The van der Waals surface area contributed by atoms with Crippen LogP contribution in [0.25, 0.3) is 0 Å². The van der Waals surface area contributed by atoms with Crippen LogP contribution in [0.3, 0.4) is 0 Å². The fourth-order valence-corrected chi connectivity index (χ4v) is 4.67. The molecule has 0 saturated heterocycles. The molecule has 0 radical (unpaired) electrons. The van der Waals surface area contributed by atoms with Crippen LogP contribution in [0.15, 0.2) is 46.7 Å². The summed E-state index contributed by atoms with van der Waals surface area (Å²) in [4.78, 5) is 18.2. The number of hydrogen-bond acceptors (Lipinski definition) is 6. The minimum atomic E-state index is -3.77. The van der Waals surface area contributed by atoms with Gasteiger partial charge in [0.15, 0.2) is 0 Å². The van der Waals surface area contributed by atoms with Crippen molar-refractivity contribution in [3.8, 4) is 0 Å². The zero-order valence-corrected chi connectivity index (χ0v) is 16.4. The molecule has 0 aliphatic rings. The van der Waals surface area contributed by atoms with Gasteiger partial charge in [0.1, 0.15) is 0 Å². The van der Waals surface area contributed by atoms with Crippen LogP contribution in [0.2, 0.25) is 0 Å². The summed E-state index contributed by atoms with van der Waals surface area (Å²) in [6.07, 6.45) is 0. The summed E-state index contributed by atoms with van der Waals surface area (Å²) in [6.45, 7) is 0.518. The molecule has 0 atom stereocenters. The second kappa shape index (κ2) is 9.35. The van der Waals surface area contributed by atoms with Crippen LogP contribution in [0.4, 0.5) is 0 Å². The van der Waals surface area contributed by atoms with E-state index in [0.717, 1.165) is 16.0 Å². The minimum absolute atomic E-state index is 0.0107. The molecule has 1 N–H and O–H groups in total. The molecule has 1 amide bonds. The van der Waals surface area contributed by atoms with Crippen molar-refractivity contribution < 1.29 is 18.0 Å². The molecule has 136 valence electrons. The summed E-state index contributed by atoms with van der Waals surface area (Å²) < 4.78 is 25.2. The molecule has 1 heterocycles. The topological polar surface area (TPSA) is 75.7 Å². The van der Waals surface area contributed by atoms with Crippen molar-refractivity contribution in [2.75, 3.05) is 26.5 Å². The number of carbonyl (C=O) groups is 1. The molecule has 0 aliphatic carbocycles. The van der Waals surface area contributed by atoms with Gasteiger partial charge >= 0.3 is 0 Å². The maximum Gasteiger partial charge on any atom is 0.264 e. The number of benzene rings is 1. The Bertz CT molecular complexity index is 791. The van der Waals surface area contributed by atoms with E-state index in [9.17, 15) is 13.2 Å². The van der Waals surface area contributed by atoms with Gasteiger partial charge in [-0.1, -0.05) is 16.6 Å². The first kappa shape index (κ1) is 19.9. The Morgan fingerprint density at radius 3 is 2.80 bits per heavy atom. The number of amides is 1. The number of thiophene rings is 1. The minimum Gasteiger partial charge on any atom is -0.351 e. The summed E-state index contributed by atoms with van der Waals surface area (Å²) in [5.41, 5.74) is 0.300. The van der Waals surface area contributed by atoms with Gasteiger partial charge in [-0.3, -0.25) is 9.63 Å². The summed E-state index contributed by atoms with van der Waals surface area (Å²) in [5.74, 6) is 1.41. The van der Waals surface area contributed by atoms with E-state index in [1.807, 2.05) is 11.4 Å². The molecule has 0 bridgehead atoms. The fraction of sp³-hybridized carbons (Fsp3) is 0.312. The summed E-state index contributed by atoms with van der Waals surface area (Å²) in [6, 6.07) is 10.00. The van der Waals surface area contributed by atoms with Crippen molar-refractivity contribution in [2.45, 2.75) is 10.6 Å². The van der Waals surface area contributed by atoms with Crippen molar-refractivity contribution in [1.29, 1.82) is 0 Å². The Morgan fingerprint density at radius 2 is 2.12 bits per heavy atom. The largest absolute Gasteiger partial charge is 0.351 e. The van der Waals surface area contributed by atoms with Crippen LogP contribution < -0.4 is 5.32 Å². The van der Waals surface area contributed by atoms with E-state index in [2.05, 4.69) is 11.4 Å². The molecule has 6 nitrogen and oxygen atoms in total. The first-order chi connectivity index (χ1) is 11.9. The van der Waals surface area contributed by atoms with Gasteiger partial charge in [0, 0.05) is 35.5 Å². The molecular weight excluding hydrogens is 380 g/mol. The van der Waals surface area contributed by atoms with Crippen LogP contribution in [-0.2, 0) is 20.6 Å². The van der Waals surface area contributed by atoms with E-state index < -0.39 is 10.0 Å². The molecule has 2 aromatic rings. The molecule has 2 rings (SSSR count). The molecule has 0 unspecified atom stereocenters. The van der Waals surface area contributed by atoms with Crippen LogP contribution in [-0.4, -0.2) is 45.2 Å². The molecular formula is C16H20N2O4S3. The summed E-state index contributed by atoms with van der Waals surface area (Å²) in [5, 5.41) is 4.85. The smallest absolute Gasteiger partial charge is 0.264 e. The number of sulfonamides is 1. The highest BCUT2D eigenvalue weighted by molar-refractivity contribution is 7.98. The highest BCUT2D eigenvalue weighted by atomic mass is 32.2. The predicted molar refractivity (Wildman–Crippen MR) is 101 cm³/mol.